The number of amides is 1. The maximum Gasteiger partial charge on any atom is 0.223 e. The molecule has 0 aliphatic carbocycles. The number of nitrogens with one attached hydrogen (secondary N) is 1. The highest BCUT2D eigenvalue weighted by Gasteiger charge is 2.15. The van der Waals surface area contributed by atoms with E-state index in [0.717, 1.165) is 24.7 Å². The number of guanidine groups is 1. The molecule has 1 aliphatic rings. The molecule has 0 spiro atoms. The molecule has 1 aliphatic heterocycles. The number of likely N-dealkylation sites (tertiary alicyclic amines) is 1. The minimum atomic E-state index is 0.112. The van der Waals surface area contributed by atoms with Crippen molar-refractivity contribution >= 4 is 17.6 Å². The third kappa shape index (κ3) is 5.06. The van der Waals surface area contributed by atoms with Crippen LogP contribution in [0.25, 0.3) is 0 Å². The van der Waals surface area contributed by atoms with Gasteiger partial charge in [0, 0.05) is 39.3 Å². The first kappa shape index (κ1) is 16.3. The fraction of sp³-hybridized carbons (Fsp3) is 0.529. The molecule has 0 atom stereocenters. The Balaban J connectivity index is 2.02. The molecule has 1 aromatic carbocycles. The molecule has 120 valence electrons. The van der Waals surface area contributed by atoms with Crippen LogP contribution in [0.3, 0.4) is 0 Å². The van der Waals surface area contributed by atoms with Gasteiger partial charge >= 0.3 is 0 Å². The minimum Gasteiger partial charge on any atom is -0.349 e. The molecular formula is C17H26N4O. The second-order valence-electron chi connectivity index (χ2n) is 5.78. The highest BCUT2D eigenvalue weighted by molar-refractivity contribution is 5.93. The molecule has 2 rings (SSSR count). The zero-order chi connectivity index (χ0) is 15.8. The summed E-state index contributed by atoms with van der Waals surface area (Å²) in [6.07, 6.45) is 4.13. The number of aliphatic imine (C=N–C) groups is 1. The fourth-order valence-electron chi connectivity index (χ4n) is 2.46. The van der Waals surface area contributed by atoms with Crippen LogP contribution in [0, 0.1) is 0 Å². The van der Waals surface area contributed by atoms with Crippen LogP contribution in [-0.2, 0) is 4.79 Å². The van der Waals surface area contributed by atoms with Crippen molar-refractivity contribution in [3.8, 4) is 0 Å². The maximum absolute atomic E-state index is 11.7. The van der Waals surface area contributed by atoms with Gasteiger partial charge in [-0.25, -0.2) is 0 Å². The van der Waals surface area contributed by atoms with Crippen LogP contribution >= 0.6 is 0 Å². The number of carbonyl (C=O) groups excluding carboxylic acids is 1. The normalized spacial score (nSPS) is 15.5. The van der Waals surface area contributed by atoms with E-state index in [2.05, 4.69) is 15.2 Å². The van der Waals surface area contributed by atoms with Crippen LogP contribution in [0.1, 0.15) is 25.7 Å². The number of para-hydroxylation sites is 1. The Kier molecular flexibility index (Phi) is 6.25. The average Bonchev–Trinajstić information content (AvgIpc) is 2.55. The molecule has 1 aromatic rings. The second-order valence-corrected chi connectivity index (χ2v) is 5.78. The molecular weight excluding hydrogens is 276 g/mol. The zero-order valence-corrected chi connectivity index (χ0v) is 13.6. The molecule has 1 heterocycles. The van der Waals surface area contributed by atoms with Crippen molar-refractivity contribution in [1.29, 1.82) is 0 Å². The lowest BCUT2D eigenvalue weighted by Gasteiger charge is -2.30. The average molecular weight is 302 g/mol. The van der Waals surface area contributed by atoms with Crippen molar-refractivity contribution in [2.24, 2.45) is 4.99 Å². The predicted octanol–water partition coefficient (Wildman–Crippen LogP) is 2.42. The van der Waals surface area contributed by atoms with Gasteiger partial charge in [0.25, 0.3) is 0 Å². The van der Waals surface area contributed by atoms with Gasteiger partial charge in [0.15, 0.2) is 5.96 Å². The third-order valence-electron chi connectivity index (χ3n) is 3.77. The molecule has 1 amide bonds. The topological polar surface area (TPSA) is 47.9 Å². The molecule has 22 heavy (non-hydrogen) atoms. The smallest absolute Gasteiger partial charge is 0.223 e. The second kappa shape index (κ2) is 8.41. The molecule has 0 radical (unpaired) electrons. The van der Waals surface area contributed by atoms with Gasteiger partial charge in [-0.15, -0.1) is 0 Å². The van der Waals surface area contributed by atoms with Gasteiger partial charge in [0.05, 0.1) is 6.54 Å². The molecule has 5 nitrogen and oxygen atoms in total. The summed E-state index contributed by atoms with van der Waals surface area (Å²) in [5.41, 5.74) is 1.03. The van der Waals surface area contributed by atoms with Crippen molar-refractivity contribution in [1.82, 2.24) is 9.80 Å². The Morgan fingerprint density at radius 1 is 1.18 bits per heavy atom. The Morgan fingerprint density at radius 3 is 2.50 bits per heavy atom. The van der Waals surface area contributed by atoms with Crippen molar-refractivity contribution in [3.05, 3.63) is 30.3 Å². The molecule has 1 N–H and O–H groups in total. The fourth-order valence-corrected chi connectivity index (χ4v) is 2.46. The van der Waals surface area contributed by atoms with Crippen LogP contribution in [0.2, 0.25) is 0 Å². The Morgan fingerprint density at radius 2 is 1.86 bits per heavy atom. The number of benzene rings is 1. The quantitative estimate of drug-likeness (QED) is 0.686. The SMILES string of the molecule is CN(C)C(=O)CCN=C(Nc1ccccc1)N1CCCCC1. The number of anilines is 1. The van der Waals surface area contributed by atoms with Crippen molar-refractivity contribution in [2.75, 3.05) is 39.0 Å². The number of hydrogen-bond donors (Lipinski definition) is 1. The summed E-state index contributed by atoms with van der Waals surface area (Å²) in [4.78, 5) is 20.2. The van der Waals surface area contributed by atoms with E-state index in [4.69, 9.17) is 0 Å². The van der Waals surface area contributed by atoms with Crippen molar-refractivity contribution < 1.29 is 4.79 Å². The van der Waals surface area contributed by atoms with Crippen molar-refractivity contribution in [3.63, 3.8) is 0 Å². The first-order valence-corrected chi connectivity index (χ1v) is 7.98. The van der Waals surface area contributed by atoms with Gasteiger partial charge in [-0.3, -0.25) is 9.79 Å². The van der Waals surface area contributed by atoms with E-state index in [1.54, 1.807) is 19.0 Å². The van der Waals surface area contributed by atoms with Gasteiger partial charge < -0.3 is 15.1 Å². The molecule has 1 saturated heterocycles. The first-order chi connectivity index (χ1) is 10.7. The molecule has 0 bridgehead atoms. The lowest BCUT2D eigenvalue weighted by atomic mass is 10.1. The van der Waals surface area contributed by atoms with Crippen LogP contribution in [0.5, 0.6) is 0 Å². The van der Waals surface area contributed by atoms with E-state index in [1.165, 1.54) is 19.3 Å². The highest BCUT2D eigenvalue weighted by atomic mass is 16.2. The Labute approximate surface area is 133 Å². The standard InChI is InChI=1S/C17H26N4O/c1-20(2)16(22)11-12-18-17(21-13-7-4-8-14-21)19-15-9-5-3-6-10-15/h3,5-6,9-10H,4,7-8,11-14H2,1-2H3,(H,18,19). The van der Waals surface area contributed by atoms with E-state index in [-0.39, 0.29) is 5.91 Å². The summed E-state index contributed by atoms with van der Waals surface area (Å²) in [5, 5.41) is 3.40. The van der Waals surface area contributed by atoms with Gasteiger partial charge in [0.1, 0.15) is 0 Å². The third-order valence-corrected chi connectivity index (χ3v) is 3.77. The largest absolute Gasteiger partial charge is 0.349 e. The van der Waals surface area contributed by atoms with Crippen LogP contribution < -0.4 is 5.32 Å². The van der Waals surface area contributed by atoms with Gasteiger partial charge in [-0.2, -0.15) is 0 Å². The summed E-state index contributed by atoms with van der Waals surface area (Å²) in [7, 11) is 3.56. The lowest BCUT2D eigenvalue weighted by Crippen LogP contribution is -2.40. The van der Waals surface area contributed by atoms with Gasteiger partial charge in [-0.05, 0) is 31.4 Å². The number of hydrogen-bond acceptors (Lipinski definition) is 2. The van der Waals surface area contributed by atoms with Gasteiger partial charge in [-0.1, -0.05) is 18.2 Å². The minimum absolute atomic E-state index is 0.112. The molecule has 0 unspecified atom stereocenters. The molecule has 0 aromatic heterocycles. The monoisotopic (exact) mass is 302 g/mol. The number of nitrogens with zero attached hydrogens (tertiary/aromatic N) is 3. The van der Waals surface area contributed by atoms with Gasteiger partial charge in [0.2, 0.25) is 5.91 Å². The first-order valence-electron chi connectivity index (χ1n) is 7.98. The highest BCUT2D eigenvalue weighted by Crippen LogP contribution is 2.12. The van der Waals surface area contributed by atoms with Crippen LogP contribution in [0.4, 0.5) is 5.69 Å². The molecule has 5 heteroatoms. The van der Waals surface area contributed by atoms with Crippen LogP contribution in [-0.4, -0.2) is 55.4 Å². The Bertz CT molecular complexity index is 493. The van der Waals surface area contributed by atoms with E-state index in [9.17, 15) is 4.79 Å². The predicted molar refractivity (Wildman–Crippen MR) is 91.1 cm³/mol. The maximum atomic E-state index is 11.7. The molecule has 0 saturated carbocycles. The van der Waals surface area contributed by atoms with Crippen LogP contribution in [0.15, 0.2) is 35.3 Å². The summed E-state index contributed by atoms with van der Waals surface area (Å²) in [6, 6.07) is 10.1. The van der Waals surface area contributed by atoms with E-state index in [1.807, 2.05) is 30.3 Å². The molecule has 1 fully saturated rings. The van der Waals surface area contributed by atoms with E-state index < -0.39 is 0 Å². The van der Waals surface area contributed by atoms with E-state index >= 15 is 0 Å². The zero-order valence-electron chi connectivity index (χ0n) is 13.6. The lowest BCUT2D eigenvalue weighted by molar-refractivity contribution is -0.128. The summed E-state index contributed by atoms with van der Waals surface area (Å²) in [6.45, 7) is 2.57. The summed E-state index contributed by atoms with van der Waals surface area (Å²) >= 11 is 0. The number of carbonyl (C=O) groups is 1. The Hall–Kier alpha value is -2.04. The number of piperidine rings is 1. The van der Waals surface area contributed by atoms with Crippen molar-refractivity contribution in [2.45, 2.75) is 25.7 Å². The summed E-state index contributed by atoms with van der Waals surface area (Å²) in [5.74, 6) is 0.999. The van der Waals surface area contributed by atoms with E-state index in [0.29, 0.717) is 13.0 Å². The number of rotatable bonds is 4. The summed E-state index contributed by atoms with van der Waals surface area (Å²) < 4.78 is 0.